The fourth-order valence-electron chi connectivity index (χ4n) is 2.22. The van der Waals surface area contributed by atoms with E-state index in [0.29, 0.717) is 5.41 Å². The first-order valence-corrected chi connectivity index (χ1v) is 6.76. The SMILES string of the molecule is CC1(CNc2nc3cc(F)ccc3s2)CCC1. The van der Waals surface area contributed by atoms with E-state index >= 15 is 0 Å². The standard InChI is InChI=1S/C13H15FN2S/c1-13(5-2-6-13)8-15-12-16-10-7-9(14)3-4-11(10)17-12/h3-4,7H,2,5-6,8H2,1H3,(H,15,16). The van der Waals surface area contributed by atoms with Crippen LogP contribution in [-0.2, 0) is 0 Å². The Kier molecular flexibility index (Phi) is 2.54. The summed E-state index contributed by atoms with van der Waals surface area (Å²) in [5.74, 6) is -0.222. The lowest BCUT2D eigenvalue weighted by Gasteiger charge is -2.38. The third-order valence-electron chi connectivity index (χ3n) is 3.58. The molecule has 1 saturated carbocycles. The van der Waals surface area contributed by atoms with Crippen LogP contribution in [0.3, 0.4) is 0 Å². The maximum Gasteiger partial charge on any atom is 0.183 e. The van der Waals surface area contributed by atoms with Crippen molar-refractivity contribution in [2.75, 3.05) is 11.9 Å². The topological polar surface area (TPSA) is 24.9 Å². The van der Waals surface area contributed by atoms with E-state index in [9.17, 15) is 4.39 Å². The van der Waals surface area contributed by atoms with Gasteiger partial charge in [0.05, 0.1) is 10.2 Å². The summed E-state index contributed by atoms with van der Waals surface area (Å²) < 4.78 is 14.1. The molecule has 0 amide bonds. The van der Waals surface area contributed by atoms with Crippen molar-refractivity contribution >= 4 is 26.7 Å². The van der Waals surface area contributed by atoms with Crippen molar-refractivity contribution in [2.45, 2.75) is 26.2 Å². The molecule has 1 aromatic carbocycles. The van der Waals surface area contributed by atoms with Crippen LogP contribution in [0.15, 0.2) is 18.2 Å². The summed E-state index contributed by atoms with van der Waals surface area (Å²) >= 11 is 1.59. The van der Waals surface area contributed by atoms with Crippen molar-refractivity contribution in [1.82, 2.24) is 4.98 Å². The predicted molar refractivity (Wildman–Crippen MR) is 70.0 cm³/mol. The molecule has 1 heterocycles. The minimum absolute atomic E-state index is 0.222. The first-order valence-electron chi connectivity index (χ1n) is 5.95. The van der Waals surface area contributed by atoms with Gasteiger partial charge in [-0.1, -0.05) is 24.7 Å². The summed E-state index contributed by atoms with van der Waals surface area (Å²) in [6.07, 6.45) is 3.92. The largest absolute Gasteiger partial charge is 0.361 e. The third-order valence-corrected chi connectivity index (χ3v) is 4.57. The summed E-state index contributed by atoms with van der Waals surface area (Å²) in [5, 5.41) is 4.28. The Bertz CT molecular complexity index is 545. The van der Waals surface area contributed by atoms with E-state index in [1.165, 1.54) is 31.4 Å². The molecule has 0 atom stereocenters. The molecule has 3 rings (SSSR count). The van der Waals surface area contributed by atoms with Crippen molar-refractivity contribution in [2.24, 2.45) is 5.41 Å². The molecular weight excluding hydrogens is 235 g/mol. The van der Waals surface area contributed by atoms with E-state index < -0.39 is 0 Å². The van der Waals surface area contributed by atoms with Crippen molar-refractivity contribution in [3.05, 3.63) is 24.0 Å². The summed E-state index contributed by atoms with van der Waals surface area (Å²) in [6.45, 7) is 3.27. The second kappa shape index (κ2) is 3.95. The molecule has 0 spiro atoms. The smallest absolute Gasteiger partial charge is 0.183 e. The molecule has 0 saturated heterocycles. The van der Waals surface area contributed by atoms with Gasteiger partial charge in [0, 0.05) is 12.6 Å². The molecule has 1 fully saturated rings. The van der Waals surface area contributed by atoms with Gasteiger partial charge >= 0.3 is 0 Å². The normalized spacial score (nSPS) is 18.0. The molecule has 2 nitrogen and oxygen atoms in total. The van der Waals surface area contributed by atoms with Gasteiger partial charge in [-0.15, -0.1) is 0 Å². The lowest BCUT2D eigenvalue weighted by molar-refractivity contribution is 0.180. The Hall–Kier alpha value is -1.16. The fourth-order valence-corrected chi connectivity index (χ4v) is 3.06. The van der Waals surface area contributed by atoms with Crippen LogP contribution >= 0.6 is 11.3 Å². The van der Waals surface area contributed by atoms with Crippen molar-refractivity contribution < 1.29 is 4.39 Å². The number of benzene rings is 1. The maximum atomic E-state index is 13.0. The third kappa shape index (κ3) is 2.14. The minimum Gasteiger partial charge on any atom is -0.361 e. The van der Waals surface area contributed by atoms with E-state index in [2.05, 4.69) is 17.2 Å². The summed E-state index contributed by atoms with van der Waals surface area (Å²) in [5.41, 5.74) is 1.18. The zero-order valence-electron chi connectivity index (χ0n) is 9.79. The molecule has 0 aliphatic heterocycles. The zero-order valence-corrected chi connectivity index (χ0v) is 10.6. The molecule has 0 unspecified atom stereocenters. The lowest BCUT2D eigenvalue weighted by Crippen LogP contribution is -2.33. The van der Waals surface area contributed by atoms with Gasteiger partial charge < -0.3 is 5.32 Å². The van der Waals surface area contributed by atoms with Gasteiger partial charge in [0.2, 0.25) is 0 Å². The van der Waals surface area contributed by atoms with Crippen LogP contribution in [-0.4, -0.2) is 11.5 Å². The molecule has 1 N–H and O–H groups in total. The molecule has 0 bridgehead atoms. The number of nitrogens with one attached hydrogen (secondary N) is 1. The summed E-state index contributed by atoms with van der Waals surface area (Å²) in [7, 11) is 0. The summed E-state index contributed by atoms with van der Waals surface area (Å²) in [6, 6.07) is 4.76. The first-order chi connectivity index (χ1) is 8.15. The van der Waals surface area contributed by atoms with Crippen LogP contribution in [0.4, 0.5) is 9.52 Å². The Labute approximate surface area is 104 Å². The van der Waals surface area contributed by atoms with Gasteiger partial charge in [0.1, 0.15) is 5.82 Å². The predicted octanol–water partition coefficient (Wildman–Crippen LogP) is 4.04. The Morgan fingerprint density at radius 3 is 3.00 bits per heavy atom. The van der Waals surface area contributed by atoms with Crippen LogP contribution in [0, 0.1) is 11.2 Å². The molecule has 17 heavy (non-hydrogen) atoms. The van der Waals surface area contributed by atoms with E-state index in [-0.39, 0.29) is 5.82 Å². The lowest BCUT2D eigenvalue weighted by atomic mass is 9.70. The Morgan fingerprint density at radius 1 is 1.47 bits per heavy atom. The summed E-state index contributed by atoms with van der Waals surface area (Å²) in [4.78, 5) is 4.40. The van der Waals surface area contributed by atoms with E-state index in [0.717, 1.165) is 21.9 Å². The Balaban J connectivity index is 1.76. The number of halogens is 1. The van der Waals surface area contributed by atoms with E-state index in [4.69, 9.17) is 0 Å². The van der Waals surface area contributed by atoms with Gasteiger partial charge in [0.15, 0.2) is 5.13 Å². The number of thiazole rings is 1. The number of fused-ring (bicyclic) bond motifs is 1. The highest BCUT2D eigenvalue weighted by Gasteiger charge is 2.31. The molecule has 1 aliphatic rings. The number of rotatable bonds is 3. The zero-order chi connectivity index (χ0) is 11.9. The Morgan fingerprint density at radius 2 is 2.29 bits per heavy atom. The van der Waals surface area contributed by atoms with Crippen molar-refractivity contribution in [3.63, 3.8) is 0 Å². The van der Waals surface area contributed by atoms with Gasteiger partial charge in [-0.05, 0) is 30.4 Å². The average molecular weight is 250 g/mol. The van der Waals surface area contributed by atoms with Gasteiger partial charge in [-0.2, -0.15) is 0 Å². The van der Waals surface area contributed by atoms with Crippen molar-refractivity contribution in [1.29, 1.82) is 0 Å². The second-order valence-corrected chi connectivity index (χ2v) is 6.18. The van der Waals surface area contributed by atoms with E-state index in [1.54, 1.807) is 17.4 Å². The van der Waals surface area contributed by atoms with Gasteiger partial charge in [-0.25, -0.2) is 9.37 Å². The van der Waals surface area contributed by atoms with Crippen LogP contribution in [0.2, 0.25) is 0 Å². The molecule has 2 aromatic rings. The molecule has 90 valence electrons. The number of hydrogen-bond acceptors (Lipinski definition) is 3. The second-order valence-electron chi connectivity index (χ2n) is 5.15. The molecule has 1 aromatic heterocycles. The van der Waals surface area contributed by atoms with Crippen LogP contribution in [0.5, 0.6) is 0 Å². The molecular formula is C13H15FN2S. The average Bonchev–Trinajstić information content (AvgIpc) is 2.65. The quantitative estimate of drug-likeness (QED) is 0.889. The first kappa shape index (κ1) is 11.0. The number of nitrogens with zero attached hydrogens (tertiary/aromatic N) is 1. The van der Waals surface area contributed by atoms with Gasteiger partial charge in [0.25, 0.3) is 0 Å². The van der Waals surface area contributed by atoms with E-state index in [1.807, 2.05) is 0 Å². The highest BCUT2D eigenvalue weighted by Crippen LogP contribution is 2.40. The van der Waals surface area contributed by atoms with Crippen LogP contribution in [0.1, 0.15) is 26.2 Å². The van der Waals surface area contributed by atoms with Crippen LogP contribution < -0.4 is 5.32 Å². The highest BCUT2D eigenvalue weighted by atomic mass is 32.1. The minimum atomic E-state index is -0.222. The van der Waals surface area contributed by atoms with Gasteiger partial charge in [-0.3, -0.25) is 0 Å². The highest BCUT2D eigenvalue weighted by molar-refractivity contribution is 7.22. The molecule has 4 heteroatoms. The van der Waals surface area contributed by atoms with Crippen molar-refractivity contribution in [3.8, 4) is 0 Å². The molecule has 1 aliphatic carbocycles. The number of hydrogen-bond donors (Lipinski definition) is 1. The number of aromatic nitrogens is 1. The maximum absolute atomic E-state index is 13.0. The monoisotopic (exact) mass is 250 g/mol. The fraction of sp³-hybridized carbons (Fsp3) is 0.462. The number of anilines is 1. The molecule has 0 radical (unpaired) electrons. The van der Waals surface area contributed by atoms with Crippen LogP contribution in [0.25, 0.3) is 10.2 Å².